The van der Waals surface area contributed by atoms with Gasteiger partial charge in [0.2, 0.25) is 0 Å². The second-order valence-electron chi connectivity index (χ2n) is 7.61. The van der Waals surface area contributed by atoms with Gasteiger partial charge in [-0.15, -0.1) is 24.0 Å². The molecular weight excluding hydrogens is 505 g/mol. The molecule has 0 spiro atoms. The molecule has 0 amide bonds. The number of rotatable bonds is 6. The highest BCUT2D eigenvalue weighted by molar-refractivity contribution is 14.0. The van der Waals surface area contributed by atoms with Gasteiger partial charge in [0.25, 0.3) is 0 Å². The standard InChI is InChI=1S/C21H32ClN3OS.HI/c1-3-23-20(25-18-7-8-19(14-18)27-2)24-15-21(9-11-26-12-10-21)16-5-4-6-17(22)13-16;/h4-6,13,18-19H,3,7-12,14-15H2,1-2H3,(H2,23,24,25);1H. The van der Waals surface area contributed by atoms with Crippen molar-refractivity contribution in [3.05, 3.63) is 34.9 Å². The van der Waals surface area contributed by atoms with Crippen molar-refractivity contribution in [1.82, 2.24) is 10.6 Å². The van der Waals surface area contributed by atoms with E-state index in [1.54, 1.807) is 0 Å². The van der Waals surface area contributed by atoms with Crippen LogP contribution < -0.4 is 10.6 Å². The molecule has 7 heteroatoms. The van der Waals surface area contributed by atoms with Gasteiger partial charge in [-0.2, -0.15) is 11.8 Å². The maximum absolute atomic E-state index is 6.29. The molecule has 0 aromatic heterocycles. The third-order valence-corrected chi connectivity index (χ3v) is 7.16. The van der Waals surface area contributed by atoms with Crippen molar-refractivity contribution in [2.75, 3.05) is 32.6 Å². The Labute approximate surface area is 196 Å². The number of benzene rings is 1. The fourth-order valence-corrected chi connectivity index (χ4v) is 5.13. The molecule has 28 heavy (non-hydrogen) atoms. The zero-order chi connectivity index (χ0) is 19.1. The number of guanidine groups is 1. The van der Waals surface area contributed by atoms with E-state index < -0.39 is 0 Å². The number of aliphatic imine (C=N–C) groups is 1. The summed E-state index contributed by atoms with van der Waals surface area (Å²) in [5.74, 6) is 0.942. The largest absolute Gasteiger partial charge is 0.381 e. The van der Waals surface area contributed by atoms with Crippen LogP contribution >= 0.6 is 47.3 Å². The third-order valence-electron chi connectivity index (χ3n) is 5.83. The van der Waals surface area contributed by atoms with Crippen LogP contribution in [0.25, 0.3) is 0 Å². The fourth-order valence-electron chi connectivity index (χ4n) is 4.15. The lowest BCUT2D eigenvalue weighted by Gasteiger charge is -2.37. The van der Waals surface area contributed by atoms with Gasteiger partial charge in [0.05, 0.1) is 6.54 Å². The van der Waals surface area contributed by atoms with E-state index in [0.29, 0.717) is 6.04 Å². The Morgan fingerprint density at radius 1 is 1.32 bits per heavy atom. The summed E-state index contributed by atoms with van der Waals surface area (Å²) in [5, 5.41) is 8.68. The van der Waals surface area contributed by atoms with Crippen LogP contribution in [0.15, 0.2) is 29.3 Å². The zero-order valence-corrected chi connectivity index (χ0v) is 20.8. The van der Waals surface area contributed by atoms with E-state index >= 15 is 0 Å². The van der Waals surface area contributed by atoms with Crippen LogP contribution in [-0.4, -0.2) is 49.8 Å². The summed E-state index contributed by atoms with van der Waals surface area (Å²) in [7, 11) is 0. The second kappa shape index (κ2) is 11.9. The van der Waals surface area contributed by atoms with Crippen molar-refractivity contribution in [2.45, 2.75) is 55.7 Å². The Morgan fingerprint density at radius 2 is 2.11 bits per heavy atom. The molecule has 2 aliphatic rings. The molecule has 1 saturated heterocycles. The summed E-state index contributed by atoms with van der Waals surface area (Å²) in [6, 6.07) is 8.80. The first-order chi connectivity index (χ1) is 13.1. The van der Waals surface area contributed by atoms with Crippen LogP contribution in [-0.2, 0) is 10.2 Å². The minimum Gasteiger partial charge on any atom is -0.381 e. The molecule has 4 nitrogen and oxygen atoms in total. The number of hydrogen-bond acceptors (Lipinski definition) is 3. The molecule has 1 aliphatic heterocycles. The summed E-state index contributed by atoms with van der Waals surface area (Å²) in [6.45, 7) is 5.31. The number of halogens is 2. The van der Waals surface area contributed by atoms with Gasteiger partial charge in [0.1, 0.15) is 0 Å². The first-order valence-electron chi connectivity index (χ1n) is 10.1. The molecule has 2 atom stereocenters. The van der Waals surface area contributed by atoms with Crippen LogP contribution in [0, 0.1) is 0 Å². The monoisotopic (exact) mass is 537 g/mol. The molecule has 0 bridgehead atoms. The van der Waals surface area contributed by atoms with Gasteiger partial charge in [-0.3, -0.25) is 4.99 Å². The molecule has 1 aromatic rings. The van der Waals surface area contributed by atoms with Crippen molar-refractivity contribution in [2.24, 2.45) is 4.99 Å². The van der Waals surface area contributed by atoms with Gasteiger partial charge >= 0.3 is 0 Å². The van der Waals surface area contributed by atoms with Crippen LogP contribution in [0.5, 0.6) is 0 Å². The Hall–Kier alpha value is -0.180. The molecule has 3 rings (SSSR count). The minimum atomic E-state index is 0. The summed E-state index contributed by atoms with van der Waals surface area (Å²) >= 11 is 8.27. The van der Waals surface area contributed by atoms with Crippen LogP contribution in [0.1, 0.15) is 44.6 Å². The number of nitrogens with zero attached hydrogens (tertiary/aromatic N) is 1. The van der Waals surface area contributed by atoms with E-state index in [2.05, 4.69) is 35.9 Å². The molecule has 2 unspecified atom stereocenters. The number of nitrogens with one attached hydrogen (secondary N) is 2. The van der Waals surface area contributed by atoms with Crippen LogP contribution in [0.3, 0.4) is 0 Å². The molecule has 1 aliphatic carbocycles. The Bertz CT molecular complexity index is 640. The van der Waals surface area contributed by atoms with E-state index in [1.165, 1.54) is 24.8 Å². The zero-order valence-electron chi connectivity index (χ0n) is 16.9. The van der Waals surface area contributed by atoms with E-state index in [1.807, 2.05) is 23.9 Å². The van der Waals surface area contributed by atoms with Crippen molar-refractivity contribution >= 4 is 53.3 Å². The molecule has 1 aromatic carbocycles. The van der Waals surface area contributed by atoms with Crippen LogP contribution in [0.2, 0.25) is 5.02 Å². The molecule has 2 N–H and O–H groups in total. The SMILES string of the molecule is CCNC(=NCC1(c2cccc(Cl)c2)CCOCC1)NC1CCC(SC)C1.I. The lowest BCUT2D eigenvalue weighted by atomic mass is 9.74. The molecule has 2 fully saturated rings. The topological polar surface area (TPSA) is 45.7 Å². The van der Waals surface area contributed by atoms with E-state index in [0.717, 1.165) is 55.4 Å². The summed E-state index contributed by atoms with van der Waals surface area (Å²) in [4.78, 5) is 5.02. The van der Waals surface area contributed by atoms with Gasteiger partial charge in [0, 0.05) is 41.5 Å². The third kappa shape index (κ3) is 6.41. The lowest BCUT2D eigenvalue weighted by molar-refractivity contribution is 0.0531. The first-order valence-corrected chi connectivity index (χ1v) is 11.7. The average Bonchev–Trinajstić information content (AvgIpc) is 3.15. The highest BCUT2D eigenvalue weighted by Crippen LogP contribution is 2.36. The highest BCUT2D eigenvalue weighted by atomic mass is 127. The highest BCUT2D eigenvalue weighted by Gasteiger charge is 2.35. The average molecular weight is 538 g/mol. The molecular formula is C21H33ClIN3OS. The predicted molar refractivity (Wildman–Crippen MR) is 133 cm³/mol. The van der Waals surface area contributed by atoms with Gasteiger partial charge in [-0.1, -0.05) is 23.7 Å². The Kier molecular flexibility index (Phi) is 10.2. The molecule has 158 valence electrons. The van der Waals surface area contributed by atoms with E-state index in [9.17, 15) is 0 Å². The Balaban J connectivity index is 0.00000280. The van der Waals surface area contributed by atoms with E-state index in [4.69, 9.17) is 21.3 Å². The number of hydrogen-bond donors (Lipinski definition) is 2. The second-order valence-corrected chi connectivity index (χ2v) is 9.18. The van der Waals surface area contributed by atoms with Crippen LogP contribution in [0.4, 0.5) is 0 Å². The van der Waals surface area contributed by atoms with Crippen molar-refractivity contribution in [1.29, 1.82) is 0 Å². The Morgan fingerprint density at radius 3 is 2.75 bits per heavy atom. The first kappa shape index (κ1) is 24.1. The van der Waals surface area contributed by atoms with Gasteiger partial charge < -0.3 is 15.4 Å². The van der Waals surface area contributed by atoms with Crippen molar-refractivity contribution in [3.8, 4) is 0 Å². The minimum absolute atomic E-state index is 0. The summed E-state index contributed by atoms with van der Waals surface area (Å²) in [6.07, 6.45) is 7.92. The summed E-state index contributed by atoms with van der Waals surface area (Å²) in [5.41, 5.74) is 1.28. The van der Waals surface area contributed by atoms with Gasteiger partial charge in [-0.25, -0.2) is 0 Å². The predicted octanol–water partition coefficient (Wildman–Crippen LogP) is 4.85. The summed E-state index contributed by atoms with van der Waals surface area (Å²) < 4.78 is 5.65. The number of ether oxygens (including phenoxy) is 1. The quantitative estimate of drug-likeness (QED) is 0.310. The molecule has 1 heterocycles. The number of thioether (sulfide) groups is 1. The normalized spacial score (nSPS) is 24.5. The molecule has 1 saturated carbocycles. The molecule has 0 radical (unpaired) electrons. The fraction of sp³-hybridized carbons (Fsp3) is 0.667. The van der Waals surface area contributed by atoms with Gasteiger partial charge in [0.15, 0.2) is 5.96 Å². The van der Waals surface area contributed by atoms with Gasteiger partial charge in [-0.05, 0) is 63.0 Å². The smallest absolute Gasteiger partial charge is 0.191 e. The van der Waals surface area contributed by atoms with E-state index in [-0.39, 0.29) is 29.4 Å². The lowest BCUT2D eigenvalue weighted by Crippen LogP contribution is -2.44. The maximum Gasteiger partial charge on any atom is 0.191 e. The van der Waals surface area contributed by atoms with Crippen molar-refractivity contribution < 1.29 is 4.74 Å². The van der Waals surface area contributed by atoms with Crippen molar-refractivity contribution in [3.63, 3.8) is 0 Å². The maximum atomic E-state index is 6.29.